The van der Waals surface area contributed by atoms with Gasteiger partial charge in [0.15, 0.2) is 0 Å². The molecular weight excluding hydrogens is 506 g/mol. The van der Waals surface area contributed by atoms with Crippen LogP contribution in [0, 0.1) is 0 Å². The minimum Gasteiger partial charge on any atom is -0.0720 e. The smallest absolute Gasteiger partial charge is 0.0720 e. The van der Waals surface area contributed by atoms with Crippen LogP contribution in [-0.4, -0.2) is 5.66 Å². The third kappa shape index (κ3) is 5.24. The Balaban J connectivity index is 1.62. The van der Waals surface area contributed by atoms with Gasteiger partial charge >= 0.3 is 0 Å². The van der Waals surface area contributed by atoms with E-state index in [1.54, 1.807) is 0 Å². The molecule has 39 heavy (non-hydrogen) atoms. The third-order valence-electron chi connectivity index (χ3n) is 7.21. The van der Waals surface area contributed by atoms with Crippen molar-refractivity contribution < 1.29 is 0 Å². The summed E-state index contributed by atoms with van der Waals surface area (Å²) in [5, 5.41) is 6.93. The van der Waals surface area contributed by atoms with Gasteiger partial charge in [0.05, 0.1) is 5.82 Å². The van der Waals surface area contributed by atoms with Crippen LogP contribution in [0.15, 0.2) is 187 Å². The second-order valence-electron chi connectivity index (χ2n) is 9.59. The van der Waals surface area contributed by atoms with Gasteiger partial charge in [-0.1, -0.05) is 140 Å². The monoisotopic (exact) mass is 537 g/mol. The zero-order valence-corrected chi connectivity index (χ0v) is 23.6. The van der Waals surface area contributed by atoms with Gasteiger partial charge in [-0.05, 0) is 60.5 Å². The quantitative estimate of drug-likeness (QED) is 0.189. The molecule has 6 rings (SSSR count). The molecule has 5 aromatic rings. The van der Waals surface area contributed by atoms with E-state index in [-0.39, 0.29) is 5.66 Å². The number of hydrogen-bond acceptors (Lipinski definition) is 0. The lowest BCUT2D eigenvalue weighted by molar-refractivity contribution is 1.28. The Morgan fingerprint density at radius 3 is 1.26 bits per heavy atom. The van der Waals surface area contributed by atoms with E-state index < -0.39 is 15.2 Å². The summed E-state index contributed by atoms with van der Waals surface area (Å²) in [5.41, 5.74) is 1.66. The molecule has 1 aliphatic carbocycles. The molecule has 1 atom stereocenters. The minimum atomic E-state index is -2.12. The van der Waals surface area contributed by atoms with Gasteiger partial charge in [-0.15, -0.1) is 0 Å². The van der Waals surface area contributed by atoms with Gasteiger partial charge in [-0.3, -0.25) is 0 Å². The standard InChI is InChI=1S/C37H31P2/c1-6-19-32(20-7-1)38(33-21-8-2-9-22-33)37-29-17-16-18-31(37)30-39(34-23-10-3-11-24-34,35-25-12-4-13-26-35)36-27-14-5-15-28-36/h1-30,37H/q+1. The average Bonchev–Trinajstić information content (AvgIpc) is 3.03. The molecule has 0 bridgehead atoms. The predicted octanol–water partition coefficient (Wildman–Crippen LogP) is 7.49. The summed E-state index contributed by atoms with van der Waals surface area (Å²) in [7, 11) is -2.78. The van der Waals surface area contributed by atoms with Crippen molar-refractivity contribution in [1.82, 2.24) is 0 Å². The lowest BCUT2D eigenvalue weighted by Gasteiger charge is -2.31. The molecule has 2 heteroatoms. The summed E-state index contributed by atoms with van der Waals surface area (Å²) in [6.07, 6.45) is 9.22. The third-order valence-corrected chi connectivity index (χ3v) is 14.0. The van der Waals surface area contributed by atoms with E-state index in [1.807, 2.05) is 0 Å². The van der Waals surface area contributed by atoms with Gasteiger partial charge in [-0.25, -0.2) is 0 Å². The molecule has 0 heterocycles. The highest BCUT2D eigenvalue weighted by Gasteiger charge is 2.45. The van der Waals surface area contributed by atoms with Gasteiger partial charge in [0, 0.05) is 5.66 Å². The molecule has 0 spiro atoms. The highest BCUT2D eigenvalue weighted by atomic mass is 31.2. The maximum atomic E-state index is 2.65. The Morgan fingerprint density at radius 2 is 0.846 bits per heavy atom. The molecule has 188 valence electrons. The molecule has 0 N–H and O–H groups in total. The van der Waals surface area contributed by atoms with Gasteiger partial charge in [0.1, 0.15) is 23.2 Å². The van der Waals surface area contributed by atoms with E-state index in [4.69, 9.17) is 0 Å². The van der Waals surface area contributed by atoms with Crippen LogP contribution in [0.4, 0.5) is 0 Å². The van der Waals surface area contributed by atoms with Crippen molar-refractivity contribution in [2.75, 3.05) is 0 Å². The van der Waals surface area contributed by atoms with Crippen LogP contribution in [0.1, 0.15) is 0 Å². The minimum absolute atomic E-state index is 0.269. The second-order valence-corrected chi connectivity index (χ2v) is 15.2. The van der Waals surface area contributed by atoms with Crippen LogP contribution in [0.3, 0.4) is 0 Å². The predicted molar refractivity (Wildman–Crippen MR) is 174 cm³/mol. The first-order valence-corrected chi connectivity index (χ1v) is 16.7. The van der Waals surface area contributed by atoms with E-state index in [0.29, 0.717) is 0 Å². The van der Waals surface area contributed by atoms with Crippen LogP contribution in [0.5, 0.6) is 0 Å². The summed E-state index contributed by atoms with van der Waals surface area (Å²) >= 11 is 0. The highest BCUT2D eigenvalue weighted by molar-refractivity contribution is 7.98. The molecule has 5 aromatic carbocycles. The summed E-state index contributed by atoms with van der Waals surface area (Å²) in [6.45, 7) is 0. The van der Waals surface area contributed by atoms with Crippen molar-refractivity contribution >= 4 is 41.7 Å². The maximum Gasteiger partial charge on any atom is 0.137 e. The summed E-state index contributed by atoms with van der Waals surface area (Å²) in [6, 6.07) is 55.5. The van der Waals surface area contributed by atoms with Gasteiger partial charge < -0.3 is 0 Å². The molecule has 1 aliphatic rings. The first kappa shape index (κ1) is 25.5. The maximum absolute atomic E-state index is 2.65. The van der Waals surface area contributed by atoms with E-state index in [1.165, 1.54) is 32.1 Å². The van der Waals surface area contributed by atoms with E-state index >= 15 is 0 Å². The van der Waals surface area contributed by atoms with Crippen LogP contribution in [-0.2, 0) is 0 Å². The first-order valence-electron chi connectivity index (χ1n) is 13.4. The molecule has 1 unspecified atom stereocenters. The fraction of sp³-hybridized carbons (Fsp3) is 0.0270. The number of benzene rings is 5. The zero-order chi connectivity index (χ0) is 26.3. The molecule has 0 radical (unpaired) electrons. The Bertz CT molecular complexity index is 1440. The fourth-order valence-corrected chi connectivity index (χ4v) is 12.2. The molecule has 0 amide bonds. The fourth-order valence-electron chi connectivity index (χ4n) is 5.43. The SMILES string of the molecule is C1=CC(=C[P+](c2ccccc2)(c2ccccc2)c2ccccc2)C(P(c2ccccc2)c2ccccc2)C=C1. The summed E-state index contributed by atoms with van der Waals surface area (Å²) < 4.78 is 0. The van der Waals surface area contributed by atoms with Crippen LogP contribution in [0.2, 0.25) is 0 Å². The Labute approximate surface area is 234 Å². The van der Waals surface area contributed by atoms with Crippen molar-refractivity contribution in [1.29, 1.82) is 0 Å². The van der Waals surface area contributed by atoms with Gasteiger partial charge in [0.25, 0.3) is 0 Å². The van der Waals surface area contributed by atoms with Crippen molar-refractivity contribution in [3.8, 4) is 0 Å². The molecule has 0 fully saturated rings. The van der Waals surface area contributed by atoms with Crippen LogP contribution < -0.4 is 26.5 Å². The molecular formula is C37H31P2+. The average molecular weight is 538 g/mol. The van der Waals surface area contributed by atoms with Crippen molar-refractivity contribution in [2.45, 2.75) is 5.66 Å². The molecule has 0 saturated carbocycles. The number of rotatable bonds is 7. The number of allylic oxidation sites excluding steroid dienone is 5. The molecule has 0 aromatic heterocycles. The first-order chi connectivity index (χ1) is 19.4. The Kier molecular flexibility index (Phi) is 7.78. The van der Waals surface area contributed by atoms with E-state index in [0.717, 1.165) is 0 Å². The van der Waals surface area contributed by atoms with E-state index in [9.17, 15) is 0 Å². The zero-order valence-electron chi connectivity index (χ0n) is 21.8. The Morgan fingerprint density at radius 1 is 0.462 bits per heavy atom. The topological polar surface area (TPSA) is 0 Å². The van der Waals surface area contributed by atoms with E-state index in [2.05, 4.69) is 182 Å². The largest absolute Gasteiger partial charge is 0.137 e. The van der Waals surface area contributed by atoms with Gasteiger partial charge in [0.2, 0.25) is 0 Å². The highest BCUT2D eigenvalue weighted by Crippen LogP contribution is 2.59. The summed E-state index contributed by atoms with van der Waals surface area (Å²) in [5.74, 6) is 2.65. The lowest BCUT2D eigenvalue weighted by Crippen LogP contribution is -2.31. The number of hydrogen-bond donors (Lipinski definition) is 0. The normalized spacial score (nSPS) is 16.0. The molecule has 0 aliphatic heterocycles. The van der Waals surface area contributed by atoms with Crippen LogP contribution >= 0.6 is 15.2 Å². The summed E-state index contributed by atoms with van der Waals surface area (Å²) in [4.78, 5) is 0. The molecule has 0 nitrogen and oxygen atoms in total. The molecule has 0 saturated heterocycles. The van der Waals surface area contributed by atoms with Gasteiger partial charge in [-0.2, -0.15) is 0 Å². The lowest BCUT2D eigenvalue weighted by atomic mass is 10.1. The van der Waals surface area contributed by atoms with Crippen molar-refractivity contribution in [3.63, 3.8) is 0 Å². The van der Waals surface area contributed by atoms with Crippen LogP contribution in [0.25, 0.3) is 0 Å². The van der Waals surface area contributed by atoms with Crippen molar-refractivity contribution in [3.05, 3.63) is 187 Å². The Hall–Kier alpha value is -3.82. The van der Waals surface area contributed by atoms with Crippen molar-refractivity contribution in [2.24, 2.45) is 0 Å². The second kappa shape index (κ2) is 11.9.